The van der Waals surface area contributed by atoms with Crippen molar-refractivity contribution < 1.29 is 17.9 Å². The summed E-state index contributed by atoms with van der Waals surface area (Å²) >= 11 is 1.49. The summed E-state index contributed by atoms with van der Waals surface area (Å²) in [6.45, 7) is 8.45. The van der Waals surface area contributed by atoms with Crippen LogP contribution in [0, 0.1) is 13.8 Å². The van der Waals surface area contributed by atoms with Gasteiger partial charge in [-0.3, -0.25) is 4.79 Å². The van der Waals surface area contributed by atoms with Crippen molar-refractivity contribution in [2.75, 3.05) is 24.2 Å². The van der Waals surface area contributed by atoms with Gasteiger partial charge in [0.15, 0.2) is 0 Å². The third-order valence-corrected chi connectivity index (χ3v) is 7.87. The molecule has 30 heavy (non-hydrogen) atoms. The summed E-state index contributed by atoms with van der Waals surface area (Å²) in [5.41, 5.74) is 2.87. The van der Waals surface area contributed by atoms with Crippen LogP contribution in [0.5, 0.6) is 0 Å². The summed E-state index contributed by atoms with van der Waals surface area (Å²) in [6, 6.07) is 12.5. The Morgan fingerprint density at radius 1 is 1.10 bits per heavy atom. The molecule has 0 aliphatic carbocycles. The van der Waals surface area contributed by atoms with Gasteiger partial charge >= 0.3 is 0 Å². The molecule has 8 heteroatoms. The topological polar surface area (TPSA) is 75.7 Å². The SMILES string of the molecule is Cc1ccc(C)c(SCC(=O)Nc2ccc(S(=O)(=O)N3CC(C)OC(C)C3)cc2)c1. The molecule has 1 amide bonds. The zero-order valence-electron chi connectivity index (χ0n) is 17.7. The molecule has 2 aromatic carbocycles. The van der Waals surface area contributed by atoms with Crippen LogP contribution < -0.4 is 5.32 Å². The van der Waals surface area contributed by atoms with E-state index in [0.29, 0.717) is 18.8 Å². The zero-order chi connectivity index (χ0) is 21.9. The molecule has 2 unspecified atom stereocenters. The number of hydrogen-bond acceptors (Lipinski definition) is 5. The molecule has 1 fully saturated rings. The van der Waals surface area contributed by atoms with E-state index in [4.69, 9.17) is 4.74 Å². The van der Waals surface area contributed by atoms with Crippen LogP contribution in [-0.4, -0.2) is 49.7 Å². The summed E-state index contributed by atoms with van der Waals surface area (Å²) in [7, 11) is -3.59. The lowest BCUT2D eigenvalue weighted by atomic mass is 10.2. The van der Waals surface area contributed by atoms with Crippen molar-refractivity contribution in [3.8, 4) is 0 Å². The van der Waals surface area contributed by atoms with E-state index < -0.39 is 10.0 Å². The summed E-state index contributed by atoms with van der Waals surface area (Å²) in [4.78, 5) is 13.6. The average molecular weight is 449 g/mol. The first kappa shape index (κ1) is 22.8. The van der Waals surface area contributed by atoms with E-state index in [-0.39, 0.29) is 28.8 Å². The number of morpholine rings is 1. The maximum absolute atomic E-state index is 12.9. The lowest BCUT2D eigenvalue weighted by molar-refractivity contribution is -0.113. The normalized spacial score (nSPS) is 20.1. The van der Waals surface area contributed by atoms with Gasteiger partial charge in [-0.1, -0.05) is 17.7 Å². The van der Waals surface area contributed by atoms with Crippen LogP contribution in [-0.2, 0) is 19.6 Å². The Hall–Kier alpha value is -1.87. The van der Waals surface area contributed by atoms with E-state index in [9.17, 15) is 13.2 Å². The summed E-state index contributed by atoms with van der Waals surface area (Å²) < 4.78 is 32.9. The quantitative estimate of drug-likeness (QED) is 0.680. The van der Waals surface area contributed by atoms with E-state index >= 15 is 0 Å². The second-order valence-electron chi connectivity index (χ2n) is 7.71. The van der Waals surface area contributed by atoms with E-state index in [1.165, 1.54) is 28.2 Å². The number of amides is 1. The van der Waals surface area contributed by atoms with E-state index in [1.54, 1.807) is 12.1 Å². The molecule has 1 N–H and O–H groups in total. The first-order valence-corrected chi connectivity index (χ1v) is 12.3. The predicted octanol–water partition coefficient (Wildman–Crippen LogP) is 3.83. The first-order chi connectivity index (χ1) is 14.1. The number of nitrogens with zero attached hydrogens (tertiary/aromatic N) is 1. The number of rotatable bonds is 6. The number of benzene rings is 2. The molecule has 1 aliphatic rings. The third kappa shape index (κ3) is 5.63. The lowest BCUT2D eigenvalue weighted by Gasteiger charge is -2.34. The van der Waals surface area contributed by atoms with Gasteiger partial charge in [-0.2, -0.15) is 4.31 Å². The van der Waals surface area contributed by atoms with Gasteiger partial charge in [-0.25, -0.2) is 8.42 Å². The number of carbonyl (C=O) groups is 1. The molecule has 0 radical (unpaired) electrons. The maximum Gasteiger partial charge on any atom is 0.243 e. The predicted molar refractivity (Wildman–Crippen MR) is 120 cm³/mol. The molecule has 1 saturated heterocycles. The molecule has 6 nitrogen and oxygen atoms in total. The van der Waals surface area contributed by atoms with Crippen molar-refractivity contribution in [3.05, 3.63) is 53.6 Å². The second-order valence-corrected chi connectivity index (χ2v) is 10.7. The van der Waals surface area contributed by atoms with Crippen molar-refractivity contribution in [1.29, 1.82) is 0 Å². The minimum atomic E-state index is -3.59. The van der Waals surface area contributed by atoms with Gasteiger partial charge < -0.3 is 10.1 Å². The second kappa shape index (κ2) is 9.51. The Balaban J connectivity index is 1.61. The van der Waals surface area contributed by atoms with Crippen molar-refractivity contribution in [1.82, 2.24) is 4.31 Å². The molecular formula is C22H28N2O4S2. The number of nitrogens with one attached hydrogen (secondary N) is 1. The molecule has 1 aliphatic heterocycles. The highest BCUT2D eigenvalue weighted by Crippen LogP contribution is 2.25. The van der Waals surface area contributed by atoms with Gasteiger partial charge in [0.2, 0.25) is 15.9 Å². The highest BCUT2D eigenvalue weighted by molar-refractivity contribution is 8.00. The third-order valence-electron chi connectivity index (χ3n) is 4.86. The number of anilines is 1. The average Bonchev–Trinajstić information content (AvgIpc) is 2.68. The van der Waals surface area contributed by atoms with Crippen molar-refractivity contribution in [2.45, 2.75) is 49.7 Å². The van der Waals surface area contributed by atoms with Crippen LogP contribution in [0.2, 0.25) is 0 Å². The van der Waals surface area contributed by atoms with Crippen LogP contribution in [0.1, 0.15) is 25.0 Å². The summed E-state index contributed by atoms with van der Waals surface area (Å²) in [5, 5.41) is 2.83. The Morgan fingerprint density at radius 2 is 1.73 bits per heavy atom. The first-order valence-electron chi connectivity index (χ1n) is 9.90. The van der Waals surface area contributed by atoms with Gasteiger partial charge in [0.05, 0.1) is 22.9 Å². The van der Waals surface area contributed by atoms with E-state index in [2.05, 4.69) is 11.4 Å². The molecule has 1 heterocycles. The van der Waals surface area contributed by atoms with Gasteiger partial charge in [-0.15, -0.1) is 11.8 Å². The Kier molecular flexibility index (Phi) is 7.23. The number of ether oxygens (including phenoxy) is 1. The van der Waals surface area contributed by atoms with Crippen LogP contribution >= 0.6 is 11.8 Å². The van der Waals surface area contributed by atoms with Crippen LogP contribution in [0.4, 0.5) is 5.69 Å². The fourth-order valence-electron chi connectivity index (χ4n) is 3.39. The van der Waals surface area contributed by atoms with Crippen LogP contribution in [0.25, 0.3) is 0 Å². The molecule has 2 atom stereocenters. The van der Waals surface area contributed by atoms with Crippen molar-refractivity contribution in [2.24, 2.45) is 0 Å². The minimum Gasteiger partial charge on any atom is -0.373 e. The summed E-state index contributed by atoms with van der Waals surface area (Å²) in [6.07, 6.45) is -0.284. The lowest BCUT2D eigenvalue weighted by Crippen LogP contribution is -2.48. The Bertz CT molecular complexity index is 996. The molecule has 0 saturated carbocycles. The fourth-order valence-corrected chi connectivity index (χ4v) is 5.90. The number of hydrogen-bond donors (Lipinski definition) is 1. The highest BCUT2D eigenvalue weighted by atomic mass is 32.2. The van der Waals surface area contributed by atoms with Gasteiger partial charge in [0.25, 0.3) is 0 Å². The van der Waals surface area contributed by atoms with Crippen LogP contribution in [0.3, 0.4) is 0 Å². The minimum absolute atomic E-state index is 0.132. The Morgan fingerprint density at radius 3 is 2.37 bits per heavy atom. The highest BCUT2D eigenvalue weighted by Gasteiger charge is 2.32. The molecule has 3 rings (SSSR count). The Labute approximate surface area is 183 Å². The smallest absolute Gasteiger partial charge is 0.243 e. The standard InChI is InChI=1S/C22H28N2O4S2/c1-15-5-6-16(2)21(11-15)29-14-22(25)23-19-7-9-20(10-8-19)30(26,27)24-12-17(3)28-18(4)13-24/h5-11,17-18H,12-14H2,1-4H3,(H,23,25). The van der Waals surface area contributed by atoms with Crippen molar-refractivity contribution >= 4 is 33.4 Å². The molecular weight excluding hydrogens is 420 g/mol. The van der Waals surface area contributed by atoms with Gasteiger partial charge in [-0.05, 0) is 63.6 Å². The number of thioether (sulfide) groups is 1. The largest absolute Gasteiger partial charge is 0.373 e. The number of aryl methyl sites for hydroxylation is 2. The monoisotopic (exact) mass is 448 g/mol. The van der Waals surface area contributed by atoms with E-state index in [1.807, 2.05) is 39.8 Å². The number of carbonyl (C=O) groups excluding carboxylic acids is 1. The molecule has 0 bridgehead atoms. The van der Waals surface area contributed by atoms with Gasteiger partial charge in [0.1, 0.15) is 0 Å². The van der Waals surface area contributed by atoms with Crippen LogP contribution in [0.15, 0.2) is 52.3 Å². The molecule has 0 spiro atoms. The van der Waals surface area contributed by atoms with E-state index in [0.717, 1.165) is 16.0 Å². The molecule has 0 aromatic heterocycles. The maximum atomic E-state index is 12.9. The van der Waals surface area contributed by atoms with Gasteiger partial charge in [0, 0.05) is 23.7 Å². The summed E-state index contributed by atoms with van der Waals surface area (Å²) in [5.74, 6) is 0.154. The fraction of sp³-hybridized carbons (Fsp3) is 0.409. The zero-order valence-corrected chi connectivity index (χ0v) is 19.3. The van der Waals surface area contributed by atoms with Crippen molar-refractivity contribution in [3.63, 3.8) is 0 Å². The molecule has 162 valence electrons. The number of sulfonamides is 1. The molecule has 2 aromatic rings.